The number of nitrogens with one attached hydrogen (secondary N) is 1. The average molecular weight is 295 g/mol. The Morgan fingerprint density at radius 2 is 1.90 bits per heavy atom. The van der Waals surface area contributed by atoms with E-state index in [0.29, 0.717) is 5.56 Å². The van der Waals surface area contributed by atoms with Crippen molar-refractivity contribution in [2.45, 2.75) is 39.4 Å². The van der Waals surface area contributed by atoms with Crippen LogP contribution in [0.4, 0.5) is 4.79 Å². The van der Waals surface area contributed by atoms with Gasteiger partial charge in [0.05, 0.1) is 7.11 Å². The number of carbonyl (C=O) groups is 2. The second-order valence-electron chi connectivity index (χ2n) is 5.54. The molecule has 1 amide bonds. The van der Waals surface area contributed by atoms with E-state index in [2.05, 4.69) is 10.2 Å². The number of esters is 1. The monoisotopic (exact) mass is 295 g/mol. The highest BCUT2D eigenvalue weighted by molar-refractivity contribution is 5.77. The van der Waals surface area contributed by atoms with Gasteiger partial charge >= 0.3 is 12.1 Å². The van der Waals surface area contributed by atoms with Crippen molar-refractivity contribution in [3.05, 3.63) is 35.4 Å². The van der Waals surface area contributed by atoms with E-state index in [0.717, 1.165) is 5.56 Å². The number of hydrogen-bond donors (Lipinski definition) is 1. The van der Waals surface area contributed by atoms with Crippen LogP contribution in [0.3, 0.4) is 0 Å². The molecular formula is C15H21NO5. The SMILES string of the molecule is COC(=O)C(ONC(=O)OC(C)(C)C)c1cccc(C)c1. The molecule has 21 heavy (non-hydrogen) atoms. The van der Waals surface area contributed by atoms with Crippen LogP contribution < -0.4 is 5.48 Å². The first-order valence-corrected chi connectivity index (χ1v) is 6.52. The van der Waals surface area contributed by atoms with E-state index in [1.807, 2.05) is 13.0 Å². The summed E-state index contributed by atoms with van der Waals surface area (Å²) in [6, 6.07) is 7.17. The number of hydrogen-bond acceptors (Lipinski definition) is 5. The van der Waals surface area contributed by atoms with Crippen LogP contribution >= 0.6 is 0 Å². The summed E-state index contributed by atoms with van der Waals surface area (Å²) in [4.78, 5) is 28.5. The second kappa shape index (κ2) is 7.08. The van der Waals surface area contributed by atoms with Crippen molar-refractivity contribution in [1.82, 2.24) is 5.48 Å². The van der Waals surface area contributed by atoms with Crippen molar-refractivity contribution in [3.63, 3.8) is 0 Å². The molecule has 0 aliphatic rings. The Hall–Kier alpha value is -2.08. The van der Waals surface area contributed by atoms with Gasteiger partial charge in [-0.25, -0.2) is 9.59 Å². The summed E-state index contributed by atoms with van der Waals surface area (Å²) >= 11 is 0. The normalized spacial score (nSPS) is 12.4. The Bertz CT molecular complexity index is 507. The number of rotatable bonds is 4. The third kappa shape index (κ3) is 5.83. The fourth-order valence-corrected chi connectivity index (χ4v) is 1.60. The van der Waals surface area contributed by atoms with E-state index in [1.54, 1.807) is 39.0 Å². The summed E-state index contributed by atoms with van der Waals surface area (Å²) in [6.07, 6.45) is -1.83. The van der Waals surface area contributed by atoms with Crippen LogP contribution in [0.25, 0.3) is 0 Å². The predicted molar refractivity (Wildman–Crippen MR) is 76.4 cm³/mol. The lowest BCUT2D eigenvalue weighted by Crippen LogP contribution is -2.35. The predicted octanol–water partition coefficient (Wildman–Crippen LogP) is 2.67. The molecule has 1 N–H and O–H groups in total. The zero-order chi connectivity index (χ0) is 16.0. The van der Waals surface area contributed by atoms with Gasteiger partial charge in [0.1, 0.15) is 5.60 Å². The molecule has 0 saturated heterocycles. The highest BCUT2D eigenvalue weighted by Crippen LogP contribution is 2.19. The smallest absolute Gasteiger partial charge is 0.431 e. The van der Waals surface area contributed by atoms with Crippen LogP contribution in [-0.2, 0) is 19.1 Å². The molecule has 1 rings (SSSR count). The van der Waals surface area contributed by atoms with Crippen LogP contribution in [0.2, 0.25) is 0 Å². The maximum absolute atomic E-state index is 11.8. The van der Waals surface area contributed by atoms with Gasteiger partial charge in [-0.2, -0.15) is 5.48 Å². The summed E-state index contributed by atoms with van der Waals surface area (Å²) in [5.41, 5.74) is 3.00. The molecule has 0 spiro atoms. The molecule has 0 heterocycles. The van der Waals surface area contributed by atoms with Crippen molar-refractivity contribution >= 4 is 12.1 Å². The molecule has 1 aromatic rings. The van der Waals surface area contributed by atoms with Crippen molar-refractivity contribution in [3.8, 4) is 0 Å². The molecule has 6 nitrogen and oxygen atoms in total. The van der Waals surface area contributed by atoms with Gasteiger partial charge < -0.3 is 9.47 Å². The van der Waals surface area contributed by atoms with Crippen LogP contribution in [0.1, 0.15) is 38.0 Å². The molecule has 0 fully saturated rings. The Kier molecular flexibility index (Phi) is 5.72. The van der Waals surface area contributed by atoms with Crippen molar-refractivity contribution in [2.75, 3.05) is 7.11 Å². The second-order valence-corrected chi connectivity index (χ2v) is 5.54. The van der Waals surface area contributed by atoms with Crippen molar-refractivity contribution in [1.29, 1.82) is 0 Å². The van der Waals surface area contributed by atoms with Crippen LogP contribution in [0, 0.1) is 6.92 Å². The van der Waals surface area contributed by atoms with Crippen molar-refractivity contribution < 1.29 is 23.9 Å². The molecular weight excluding hydrogens is 274 g/mol. The Morgan fingerprint density at radius 1 is 1.24 bits per heavy atom. The lowest BCUT2D eigenvalue weighted by Gasteiger charge is -2.21. The first kappa shape index (κ1) is 17.0. The zero-order valence-electron chi connectivity index (χ0n) is 12.9. The van der Waals surface area contributed by atoms with Gasteiger partial charge in [-0.1, -0.05) is 29.8 Å². The Labute approximate surface area is 124 Å². The molecule has 0 bridgehead atoms. The number of aryl methyl sites for hydroxylation is 1. The Morgan fingerprint density at radius 3 is 2.43 bits per heavy atom. The average Bonchev–Trinajstić information content (AvgIpc) is 2.36. The van der Waals surface area contributed by atoms with Gasteiger partial charge in [-0.05, 0) is 33.3 Å². The molecule has 6 heteroatoms. The van der Waals surface area contributed by atoms with Crippen LogP contribution in [0.5, 0.6) is 0 Å². The number of amides is 1. The minimum absolute atomic E-state index is 0.581. The van der Waals surface area contributed by atoms with Gasteiger partial charge in [-0.15, -0.1) is 0 Å². The molecule has 0 radical (unpaired) electrons. The fraction of sp³-hybridized carbons (Fsp3) is 0.467. The summed E-state index contributed by atoms with van der Waals surface area (Å²) in [5.74, 6) is -0.614. The van der Waals surface area contributed by atoms with Gasteiger partial charge in [0.15, 0.2) is 0 Å². The van der Waals surface area contributed by atoms with Gasteiger partial charge in [0.2, 0.25) is 6.10 Å². The maximum atomic E-state index is 11.8. The van der Waals surface area contributed by atoms with Gasteiger partial charge in [0.25, 0.3) is 0 Å². The first-order valence-electron chi connectivity index (χ1n) is 6.52. The molecule has 0 aliphatic heterocycles. The lowest BCUT2D eigenvalue weighted by atomic mass is 10.1. The molecule has 1 aromatic carbocycles. The quantitative estimate of drug-likeness (QED) is 0.683. The molecule has 116 valence electrons. The molecule has 1 atom stereocenters. The lowest BCUT2D eigenvalue weighted by molar-refractivity contribution is -0.159. The summed E-state index contributed by atoms with van der Waals surface area (Å²) < 4.78 is 9.72. The topological polar surface area (TPSA) is 73.9 Å². The van der Waals surface area contributed by atoms with E-state index in [-0.39, 0.29) is 0 Å². The molecule has 0 aromatic heterocycles. The minimum Gasteiger partial charge on any atom is -0.467 e. The van der Waals surface area contributed by atoms with Crippen LogP contribution in [-0.4, -0.2) is 24.8 Å². The van der Waals surface area contributed by atoms with Gasteiger partial charge in [-0.3, -0.25) is 4.84 Å². The summed E-state index contributed by atoms with van der Waals surface area (Å²) in [7, 11) is 1.25. The van der Waals surface area contributed by atoms with E-state index in [9.17, 15) is 9.59 Å². The van der Waals surface area contributed by atoms with Gasteiger partial charge in [0, 0.05) is 0 Å². The number of carbonyl (C=O) groups excluding carboxylic acids is 2. The molecule has 0 aliphatic carbocycles. The highest BCUT2D eigenvalue weighted by Gasteiger charge is 2.25. The van der Waals surface area contributed by atoms with Crippen LogP contribution in [0.15, 0.2) is 24.3 Å². The number of ether oxygens (including phenoxy) is 2. The molecule has 1 unspecified atom stereocenters. The van der Waals surface area contributed by atoms with E-state index >= 15 is 0 Å². The van der Waals surface area contributed by atoms with E-state index < -0.39 is 23.8 Å². The number of methoxy groups -OCH3 is 1. The minimum atomic E-state index is -1.05. The van der Waals surface area contributed by atoms with Crippen molar-refractivity contribution in [2.24, 2.45) is 0 Å². The fourth-order valence-electron chi connectivity index (χ4n) is 1.60. The standard InChI is InChI=1S/C15H21NO5/c1-10-7-6-8-11(9-10)12(13(17)19-5)21-16-14(18)20-15(2,3)4/h6-9,12H,1-5H3,(H,16,18). The maximum Gasteiger partial charge on any atom is 0.431 e. The van der Waals surface area contributed by atoms with E-state index in [4.69, 9.17) is 9.57 Å². The zero-order valence-corrected chi connectivity index (χ0v) is 12.9. The third-order valence-corrected chi connectivity index (χ3v) is 2.42. The largest absolute Gasteiger partial charge is 0.467 e. The Balaban J connectivity index is 2.77. The number of benzene rings is 1. The van der Waals surface area contributed by atoms with E-state index in [1.165, 1.54) is 7.11 Å². The molecule has 0 saturated carbocycles. The number of hydroxylamine groups is 1. The third-order valence-electron chi connectivity index (χ3n) is 2.42. The first-order chi connectivity index (χ1) is 9.73. The highest BCUT2D eigenvalue weighted by atomic mass is 16.7. The summed E-state index contributed by atoms with van der Waals surface area (Å²) in [6.45, 7) is 7.07. The summed E-state index contributed by atoms with van der Waals surface area (Å²) in [5, 5.41) is 0.